The van der Waals surface area contributed by atoms with Crippen molar-refractivity contribution in [3.63, 3.8) is 0 Å². The molecule has 0 amide bonds. The summed E-state index contributed by atoms with van der Waals surface area (Å²) in [6.45, 7) is 2.58. The lowest BCUT2D eigenvalue weighted by molar-refractivity contribution is 0.340. The predicted molar refractivity (Wildman–Crippen MR) is 57.0 cm³/mol. The molecule has 5 nitrogen and oxygen atoms in total. The van der Waals surface area contributed by atoms with Crippen LogP contribution in [-0.4, -0.2) is 12.9 Å². The fourth-order valence-electron chi connectivity index (χ4n) is 1.02. The molecule has 0 saturated carbocycles. The Morgan fingerprint density at radius 1 is 1.43 bits per heavy atom. The second-order valence-electron chi connectivity index (χ2n) is 2.60. The molecule has 0 aliphatic carbocycles. The summed E-state index contributed by atoms with van der Waals surface area (Å²) in [6.07, 6.45) is 1.33. The molecular formula is C9H14N4O. The number of anilines is 1. The van der Waals surface area contributed by atoms with Crippen molar-refractivity contribution < 1.29 is 4.74 Å². The molecule has 0 aliphatic rings. The first-order chi connectivity index (χ1) is 6.77. The molecule has 1 aromatic rings. The number of hydrazine groups is 1. The van der Waals surface area contributed by atoms with E-state index in [4.69, 9.17) is 16.4 Å². The van der Waals surface area contributed by atoms with E-state index < -0.39 is 0 Å². The molecule has 0 aliphatic heterocycles. The average Bonchev–Trinajstić information content (AvgIpc) is 2.20. The first-order valence-corrected chi connectivity index (χ1v) is 4.28. The highest BCUT2D eigenvalue weighted by Crippen LogP contribution is 2.16. The number of hydrogen-bond donors (Lipinski definition) is 2. The zero-order valence-corrected chi connectivity index (χ0v) is 8.05. The van der Waals surface area contributed by atoms with E-state index >= 15 is 0 Å². The minimum absolute atomic E-state index is 0.649. The van der Waals surface area contributed by atoms with Crippen LogP contribution in [0.5, 0.6) is 5.75 Å². The van der Waals surface area contributed by atoms with E-state index in [1.165, 1.54) is 11.3 Å². The van der Waals surface area contributed by atoms with Crippen molar-refractivity contribution in [1.82, 2.24) is 0 Å². The zero-order chi connectivity index (χ0) is 10.4. The number of hydrogen-bond acceptors (Lipinski definition) is 4. The van der Waals surface area contributed by atoms with Crippen LogP contribution < -0.4 is 21.4 Å². The lowest BCUT2D eigenvalue weighted by Crippen LogP contribution is -2.29. The van der Waals surface area contributed by atoms with Crippen LogP contribution in [0.4, 0.5) is 5.69 Å². The highest BCUT2D eigenvalue weighted by molar-refractivity contribution is 5.77. The summed E-state index contributed by atoms with van der Waals surface area (Å²) in [5, 5.41) is 4.64. The summed E-state index contributed by atoms with van der Waals surface area (Å²) in [4.78, 5) is 0. The fourth-order valence-corrected chi connectivity index (χ4v) is 1.02. The number of benzene rings is 1. The minimum atomic E-state index is 0.649. The van der Waals surface area contributed by atoms with E-state index in [0.717, 1.165) is 11.4 Å². The third-order valence-corrected chi connectivity index (χ3v) is 1.64. The van der Waals surface area contributed by atoms with Crippen molar-refractivity contribution in [2.45, 2.75) is 6.92 Å². The van der Waals surface area contributed by atoms with E-state index in [-0.39, 0.29) is 0 Å². The standard InChI is InChI=1S/C9H14N4O/c1-2-14-9-5-3-8(4-6-9)13(11)7-12-10/h3-7H,2,10-11H2,1H3/b12-7-. The third kappa shape index (κ3) is 2.63. The zero-order valence-electron chi connectivity index (χ0n) is 8.05. The predicted octanol–water partition coefficient (Wildman–Crippen LogP) is 0.667. The summed E-state index contributed by atoms with van der Waals surface area (Å²) in [7, 11) is 0. The van der Waals surface area contributed by atoms with Crippen molar-refractivity contribution in [2.75, 3.05) is 11.6 Å². The van der Waals surface area contributed by atoms with Gasteiger partial charge in [-0.2, -0.15) is 5.10 Å². The Morgan fingerprint density at radius 2 is 2.07 bits per heavy atom. The Labute approximate surface area is 82.9 Å². The van der Waals surface area contributed by atoms with Gasteiger partial charge < -0.3 is 10.6 Å². The second kappa shape index (κ2) is 5.08. The third-order valence-electron chi connectivity index (χ3n) is 1.64. The number of rotatable bonds is 4. The first kappa shape index (κ1) is 10.3. The van der Waals surface area contributed by atoms with Crippen LogP contribution in [-0.2, 0) is 0 Å². The molecule has 14 heavy (non-hydrogen) atoms. The largest absolute Gasteiger partial charge is 0.494 e. The number of hydrazone groups is 1. The van der Waals surface area contributed by atoms with Gasteiger partial charge in [0, 0.05) is 0 Å². The molecule has 1 rings (SSSR count). The Morgan fingerprint density at radius 3 is 2.57 bits per heavy atom. The molecule has 0 saturated heterocycles. The molecule has 0 aromatic heterocycles. The normalized spacial score (nSPS) is 10.4. The summed E-state index contributed by atoms with van der Waals surface area (Å²) in [5.74, 6) is 11.4. The summed E-state index contributed by atoms with van der Waals surface area (Å²) >= 11 is 0. The maximum absolute atomic E-state index is 5.59. The molecule has 0 bridgehead atoms. The topological polar surface area (TPSA) is 76.9 Å². The van der Waals surface area contributed by atoms with E-state index in [2.05, 4.69) is 5.10 Å². The van der Waals surface area contributed by atoms with Crippen molar-refractivity contribution >= 4 is 12.0 Å². The summed E-state index contributed by atoms with van der Waals surface area (Å²) in [5.41, 5.74) is 0.794. The molecule has 0 spiro atoms. The molecule has 0 heterocycles. The molecule has 0 radical (unpaired) electrons. The number of ether oxygens (including phenoxy) is 1. The van der Waals surface area contributed by atoms with Gasteiger partial charge in [-0.25, -0.2) is 5.84 Å². The highest BCUT2D eigenvalue weighted by atomic mass is 16.5. The molecule has 0 atom stereocenters. The van der Waals surface area contributed by atoms with Crippen LogP contribution in [0.25, 0.3) is 0 Å². The van der Waals surface area contributed by atoms with Crippen molar-refractivity contribution in [3.05, 3.63) is 24.3 Å². The van der Waals surface area contributed by atoms with Crippen molar-refractivity contribution in [2.24, 2.45) is 16.8 Å². The lowest BCUT2D eigenvalue weighted by Gasteiger charge is -2.12. The molecule has 76 valence electrons. The Balaban J connectivity index is 2.72. The molecule has 4 N–H and O–H groups in total. The van der Waals surface area contributed by atoms with Gasteiger partial charge in [0.25, 0.3) is 0 Å². The molecular weight excluding hydrogens is 180 g/mol. The lowest BCUT2D eigenvalue weighted by atomic mass is 10.3. The Bertz CT molecular complexity index is 296. The van der Waals surface area contributed by atoms with Gasteiger partial charge in [-0.15, -0.1) is 0 Å². The van der Waals surface area contributed by atoms with E-state index in [9.17, 15) is 0 Å². The number of nitrogens with zero attached hydrogens (tertiary/aromatic N) is 2. The SMILES string of the molecule is CCOc1ccc(N(N)/C=N\N)cc1. The Kier molecular flexibility index (Phi) is 3.75. The molecule has 1 aromatic carbocycles. The number of nitrogens with two attached hydrogens (primary N) is 2. The van der Waals surface area contributed by atoms with Crippen LogP contribution in [0.2, 0.25) is 0 Å². The van der Waals surface area contributed by atoms with E-state index in [1.54, 1.807) is 0 Å². The van der Waals surface area contributed by atoms with Crippen LogP contribution in [0.15, 0.2) is 29.4 Å². The Hall–Kier alpha value is -1.75. The average molecular weight is 194 g/mol. The summed E-state index contributed by atoms with van der Waals surface area (Å²) < 4.78 is 5.28. The van der Waals surface area contributed by atoms with Crippen LogP contribution in [0.1, 0.15) is 6.92 Å². The monoisotopic (exact) mass is 194 g/mol. The minimum Gasteiger partial charge on any atom is -0.494 e. The fraction of sp³-hybridized carbons (Fsp3) is 0.222. The van der Waals surface area contributed by atoms with Crippen LogP contribution in [0.3, 0.4) is 0 Å². The van der Waals surface area contributed by atoms with Crippen LogP contribution >= 0.6 is 0 Å². The first-order valence-electron chi connectivity index (χ1n) is 4.28. The van der Waals surface area contributed by atoms with Gasteiger partial charge in [0.05, 0.1) is 12.3 Å². The van der Waals surface area contributed by atoms with Crippen molar-refractivity contribution in [1.29, 1.82) is 0 Å². The maximum Gasteiger partial charge on any atom is 0.129 e. The van der Waals surface area contributed by atoms with Gasteiger partial charge in [-0.05, 0) is 31.2 Å². The molecule has 0 fully saturated rings. The quantitative estimate of drug-likeness (QED) is 0.319. The highest BCUT2D eigenvalue weighted by Gasteiger charge is 1.98. The van der Waals surface area contributed by atoms with Crippen LogP contribution in [0, 0.1) is 0 Å². The van der Waals surface area contributed by atoms with Gasteiger partial charge in [-0.1, -0.05) is 0 Å². The van der Waals surface area contributed by atoms with Gasteiger partial charge in [0.15, 0.2) is 0 Å². The van der Waals surface area contributed by atoms with Gasteiger partial charge in [0.2, 0.25) is 0 Å². The smallest absolute Gasteiger partial charge is 0.129 e. The maximum atomic E-state index is 5.59. The second-order valence-corrected chi connectivity index (χ2v) is 2.60. The molecule has 0 unspecified atom stereocenters. The van der Waals surface area contributed by atoms with Gasteiger partial charge >= 0.3 is 0 Å². The van der Waals surface area contributed by atoms with Gasteiger partial charge in [0.1, 0.15) is 12.1 Å². The van der Waals surface area contributed by atoms with E-state index in [0.29, 0.717) is 6.61 Å². The van der Waals surface area contributed by atoms with E-state index in [1.807, 2.05) is 31.2 Å². The van der Waals surface area contributed by atoms with Gasteiger partial charge in [-0.3, -0.25) is 5.01 Å². The summed E-state index contributed by atoms with van der Waals surface area (Å²) in [6, 6.07) is 7.32. The molecule has 5 heteroatoms. The van der Waals surface area contributed by atoms with Crippen molar-refractivity contribution in [3.8, 4) is 5.75 Å².